The lowest BCUT2D eigenvalue weighted by molar-refractivity contribution is 0.185. The molecular weight excluding hydrogens is 224 g/mol. The largest absolute Gasteiger partial charge is 0.335 e. The van der Waals surface area contributed by atoms with Crippen LogP contribution in [0.15, 0.2) is 0 Å². The number of hydrogen-bond donors (Lipinski definition) is 1. The van der Waals surface area contributed by atoms with Crippen molar-refractivity contribution in [2.24, 2.45) is 23.2 Å². The predicted octanol–water partition coefficient (Wildman–Crippen LogP) is 3.11. The molecule has 0 saturated heterocycles. The van der Waals surface area contributed by atoms with Gasteiger partial charge >= 0.3 is 6.03 Å². The van der Waals surface area contributed by atoms with Gasteiger partial charge in [-0.15, -0.1) is 0 Å². The molecule has 3 nitrogen and oxygen atoms in total. The van der Waals surface area contributed by atoms with Gasteiger partial charge in [-0.3, -0.25) is 0 Å². The number of nitrogens with one attached hydrogen (secondary N) is 1. The molecule has 2 fully saturated rings. The summed E-state index contributed by atoms with van der Waals surface area (Å²) in [4.78, 5) is 14.0. The molecule has 1 N–H and O–H groups in total. The molecule has 0 heterocycles. The lowest BCUT2D eigenvalue weighted by Gasteiger charge is -2.31. The van der Waals surface area contributed by atoms with Gasteiger partial charge in [0.15, 0.2) is 0 Å². The first-order valence-corrected chi connectivity index (χ1v) is 7.47. The van der Waals surface area contributed by atoms with E-state index in [1.165, 1.54) is 12.8 Å². The number of nitrogens with zero attached hydrogens (tertiary/aromatic N) is 1. The van der Waals surface area contributed by atoms with E-state index < -0.39 is 0 Å². The van der Waals surface area contributed by atoms with E-state index >= 15 is 0 Å². The molecule has 2 saturated carbocycles. The van der Waals surface area contributed by atoms with Gasteiger partial charge in [-0.25, -0.2) is 4.79 Å². The Hall–Kier alpha value is -0.730. The summed E-state index contributed by atoms with van der Waals surface area (Å²) in [6.07, 6.45) is 2.45. The van der Waals surface area contributed by atoms with Crippen molar-refractivity contribution in [3.05, 3.63) is 0 Å². The van der Waals surface area contributed by atoms with Crippen LogP contribution in [-0.4, -0.2) is 30.1 Å². The minimum atomic E-state index is 0.119. The lowest BCUT2D eigenvalue weighted by atomic mass is 9.86. The van der Waals surface area contributed by atoms with Crippen molar-refractivity contribution in [1.82, 2.24) is 10.2 Å². The average Bonchev–Trinajstić information content (AvgIpc) is 2.82. The Morgan fingerprint density at radius 2 is 1.78 bits per heavy atom. The zero-order chi connectivity index (χ0) is 13.5. The molecule has 3 heteroatoms. The van der Waals surface area contributed by atoms with Crippen LogP contribution in [-0.2, 0) is 0 Å². The van der Waals surface area contributed by atoms with Crippen LogP contribution in [0.4, 0.5) is 4.79 Å². The van der Waals surface area contributed by atoms with Crippen LogP contribution in [0.2, 0.25) is 0 Å². The maximum Gasteiger partial charge on any atom is 0.317 e. The van der Waals surface area contributed by atoms with Gasteiger partial charge in [0.05, 0.1) is 0 Å². The number of hydrogen-bond acceptors (Lipinski definition) is 1. The Morgan fingerprint density at radius 1 is 1.22 bits per heavy atom. The third kappa shape index (κ3) is 2.24. The van der Waals surface area contributed by atoms with E-state index in [2.05, 4.69) is 26.1 Å². The Labute approximate surface area is 111 Å². The fourth-order valence-electron chi connectivity index (χ4n) is 3.83. The van der Waals surface area contributed by atoms with Gasteiger partial charge in [-0.2, -0.15) is 0 Å². The molecule has 0 aromatic carbocycles. The second-order valence-electron chi connectivity index (χ2n) is 6.71. The number of fused-ring (bicyclic) bond motifs is 1. The fourth-order valence-corrected chi connectivity index (χ4v) is 3.83. The van der Waals surface area contributed by atoms with Gasteiger partial charge in [-0.05, 0) is 49.9 Å². The highest BCUT2D eigenvalue weighted by Gasteiger charge is 2.60. The van der Waals surface area contributed by atoms with Crippen LogP contribution >= 0.6 is 0 Å². The van der Waals surface area contributed by atoms with Crippen LogP contribution in [0.5, 0.6) is 0 Å². The summed E-state index contributed by atoms with van der Waals surface area (Å²) in [7, 11) is 0. The van der Waals surface area contributed by atoms with Crippen LogP contribution in [0, 0.1) is 23.2 Å². The monoisotopic (exact) mass is 252 g/mol. The highest BCUT2D eigenvalue weighted by Crippen LogP contribution is 2.65. The summed E-state index contributed by atoms with van der Waals surface area (Å²) in [5, 5.41) is 3.25. The minimum Gasteiger partial charge on any atom is -0.335 e. The van der Waals surface area contributed by atoms with Crippen molar-refractivity contribution in [1.29, 1.82) is 0 Å². The molecule has 0 aliphatic heterocycles. The topological polar surface area (TPSA) is 32.3 Å². The van der Waals surface area contributed by atoms with E-state index in [4.69, 9.17) is 0 Å². The highest BCUT2D eigenvalue weighted by atomic mass is 16.2. The first-order chi connectivity index (χ1) is 8.41. The van der Waals surface area contributed by atoms with Gasteiger partial charge in [-0.1, -0.05) is 20.8 Å². The van der Waals surface area contributed by atoms with Crippen LogP contribution in [0.3, 0.4) is 0 Å². The van der Waals surface area contributed by atoms with E-state index in [1.807, 2.05) is 18.7 Å². The molecular formula is C15H28N2O. The molecule has 0 aromatic rings. The molecule has 104 valence electrons. The van der Waals surface area contributed by atoms with E-state index in [0.29, 0.717) is 17.4 Å². The smallest absolute Gasteiger partial charge is 0.317 e. The molecule has 2 aliphatic carbocycles. The summed E-state index contributed by atoms with van der Waals surface area (Å²) in [5.41, 5.74) is 0.517. The molecule has 2 aliphatic rings. The maximum atomic E-state index is 12.1. The predicted molar refractivity (Wildman–Crippen MR) is 74.4 cm³/mol. The highest BCUT2D eigenvalue weighted by molar-refractivity contribution is 5.74. The number of amides is 2. The number of carbonyl (C=O) groups is 1. The van der Waals surface area contributed by atoms with Crippen molar-refractivity contribution in [2.45, 2.75) is 53.5 Å². The quantitative estimate of drug-likeness (QED) is 0.822. The lowest BCUT2D eigenvalue weighted by Crippen LogP contribution is -2.48. The standard InChI is InChI=1S/C15H28N2O/c1-6-17(7-2)14(18)16-13-9-12-11(8-10(13)3)15(12,4)5/h10-13H,6-9H2,1-5H3,(H,16,18). The summed E-state index contributed by atoms with van der Waals surface area (Å²) < 4.78 is 0. The average molecular weight is 252 g/mol. The van der Waals surface area contributed by atoms with Crippen molar-refractivity contribution in [3.63, 3.8) is 0 Å². The van der Waals surface area contributed by atoms with Crippen LogP contribution in [0.25, 0.3) is 0 Å². The third-order valence-corrected chi connectivity index (χ3v) is 5.47. The second-order valence-corrected chi connectivity index (χ2v) is 6.71. The van der Waals surface area contributed by atoms with Gasteiger partial charge in [0.25, 0.3) is 0 Å². The Bertz CT molecular complexity index is 322. The first-order valence-electron chi connectivity index (χ1n) is 7.47. The molecule has 4 unspecified atom stereocenters. The van der Waals surface area contributed by atoms with E-state index in [1.54, 1.807) is 0 Å². The molecule has 18 heavy (non-hydrogen) atoms. The van der Waals surface area contributed by atoms with E-state index in [0.717, 1.165) is 24.9 Å². The summed E-state index contributed by atoms with van der Waals surface area (Å²) in [5.74, 6) is 2.34. The van der Waals surface area contributed by atoms with Crippen molar-refractivity contribution in [2.75, 3.05) is 13.1 Å². The zero-order valence-corrected chi connectivity index (χ0v) is 12.5. The SMILES string of the molecule is CCN(CC)C(=O)NC1CC2C(CC1C)C2(C)C. The van der Waals surface area contributed by atoms with Gasteiger partial charge in [0.1, 0.15) is 0 Å². The molecule has 4 atom stereocenters. The molecule has 0 radical (unpaired) electrons. The number of carbonyl (C=O) groups excluding carboxylic acids is 1. The Balaban J connectivity index is 1.92. The second kappa shape index (κ2) is 4.75. The minimum absolute atomic E-state index is 0.119. The summed E-state index contributed by atoms with van der Waals surface area (Å²) in [6, 6.07) is 0.495. The molecule has 0 spiro atoms. The summed E-state index contributed by atoms with van der Waals surface area (Å²) in [6.45, 7) is 12.7. The van der Waals surface area contributed by atoms with Gasteiger partial charge < -0.3 is 10.2 Å². The van der Waals surface area contributed by atoms with E-state index in [-0.39, 0.29) is 6.03 Å². The Morgan fingerprint density at radius 3 is 2.33 bits per heavy atom. The van der Waals surface area contributed by atoms with Crippen molar-refractivity contribution >= 4 is 6.03 Å². The van der Waals surface area contributed by atoms with Crippen molar-refractivity contribution in [3.8, 4) is 0 Å². The van der Waals surface area contributed by atoms with Gasteiger partial charge in [0, 0.05) is 19.1 Å². The maximum absolute atomic E-state index is 12.1. The van der Waals surface area contributed by atoms with Crippen LogP contribution in [0.1, 0.15) is 47.5 Å². The number of urea groups is 1. The number of rotatable bonds is 3. The molecule has 0 bridgehead atoms. The molecule has 2 amide bonds. The first kappa shape index (κ1) is 13.7. The molecule has 0 aromatic heterocycles. The normalized spacial score (nSPS) is 36.7. The summed E-state index contributed by atoms with van der Waals surface area (Å²) >= 11 is 0. The van der Waals surface area contributed by atoms with Crippen LogP contribution < -0.4 is 5.32 Å². The van der Waals surface area contributed by atoms with Crippen molar-refractivity contribution < 1.29 is 4.79 Å². The van der Waals surface area contributed by atoms with Gasteiger partial charge in [0.2, 0.25) is 0 Å². The fraction of sp³-hybridized carbons (Fsp3) is 0.933. The molecule has 2 rings (SSSR count). The Kier molecular flexibility index (Phi) is 3.61. The van der Waals surface area contributed by atoms with E-state index in [9.17, 15) is 4.79 Å². The third-order valence-electron chi connectivity index (χ3n) is 5.47. The zero-order valence-electron chi connectivity index (χ0n) is 12.5.